The van der Waals surface area contributed by atoms with Gasteiger partial charge in [0.1, 0.15) is 18.2 Å². The van der Waals surface area contributed by atoms with Crippen molar-refractivity contribution in [1.82, 2.24) is 14.8 Å². The molecule has 1 aliphatic heterocycles. The third-order valence-corrected chi connectivity index (χ3v) is 3.23. The molecule has 0 saturated heterocycles. The molecule has 0 fully saturated rings. The minimum absolute atomic E-state index is 0.174. The van der Waals surface area contributed by atoms with Crippen LogP contribution in [0.3, 0.4) is 0 Å². The van der Waals surface area contributed by atoms with E-state index in [1.807, 2.05) is 0 Å². The Bertz CT molecular complexity index is 784. The number of rotatable bonds is 2. The van der Waals surface area contributed by atoms with Crippen LogP contribution in [0.4, 0.5) is 5.95 Å². The third-order valence-electron chi connectivity index (χ3n) is 3.23. The Balaban J connectivity index is 2.05. The van der Waals surface area contributed by atoms with Crippen LogP contribution in [0, 0.1) is 11.3 Å². The van der Waals surface area contributed by atoms with Crippen molar-refractivity contribution in [3.05, 3.63) is 47.3 Å². The molecule has 0 spiro atoms. The zero-order valence-electron chi connectivity index (χ0n) is 10.7. The van der Waals surface area contributed by atoms with Crippen molar-refractivity contribution in [3.63, 3.8) is 0 Å². The topological polar surface area (TPSA) is 130 Å². The van der Waals surface area contributed by atoms with E-state index in [-0.39, 0.29) is 11.4 Å². The number of carbonyl (C=O) groups is 1. The molecule has 0 bridgehead atoms. The number of carboxylic acids is 1. The lowest BCUT2D eigenvalue weighted by Gasteiger charge is -2.25. The van der Waals surface area contributed by atoms with Crippen molar-refractivity contribution in [2.24, 2.45) is 5.73 Å². The van der Waals surface area contributed by atoms with E-state index in [4.69, 9.17) is 10.8 Å². The maximum atomic E-state index is 10.9. The molecule has 0 saturated carbocycles. The Hall–Kier alpha value is -3.34. The molecule has 2 heterocycles. The quantitative estimate of drug-likeness (QED) is 0.742. The third kappa shape index (κ3) is 1.97. The fourth-order valence-corrected chi connectivity index (χ4v) is 2.17. The Kier molecular flexibility index (Phi) is 2.80. The van der Waals surface area contributed by atoms with Gasteiger partial charge in [-0.2, -0.15) is 20.0 Å². The summed E-state index contributed by atoms with van der Waals surface area (Å²) in [4.78, 5) is 14.9. The van der Waals surface area contributed by atoms with Gasteiger partial charge in [0, 0.05) is 0 Å². The predicted octanol–water partition coefficient (Wildman–Crippen LogP) is 0.794. The number of anilines is 1. The van der Waals surface area contributed by atoms with E-state index in [1.54, 1.807) is 12.1 Å². The second kappa shape index (κ2) is 4.64. The fraction of sp³-hybridized carbons (Fsp3) is 0.0769. The van der Waals surface area contributed by atoms with E-state index < -0.39 is 12.0 Å². The van der Waals surface area contributed by atoms with Crippen molar-refractivity contribution >= 4 is 17.7 Å². The molecule has 3 rings (SSSR count). The molecule has 0 aliphatic carbocycles. The van der Waals surface area contributed by atoms with Gasteiger partial charge in [-0.1, -0.05) is 12.1 Å². The summed E-state index contributed by atoms with van der Waals surface area (Å²) in [5.41, 5.74) is 7.13. The van der Waals surface area contributed by atoms with Crippen LogP contribution in [-0.4, -0.2) is 25.8 Å². The molecule has 104 valence electrons. The normalized spacial score (nSPS) is 16.8. The molecule has 21 heavy (non-hydrogen) atoms. The van der Waals surface area contributed by atoms with Gasteiger partial charge in [0.15, 0.2) is 0 Å². The van der Waals surface area contributed by atoms with E-state index in [0.717, 1.165) is 0 Å². The summed E-state index contributed by atoms with van der Waals surface area (Å²) in [7, 11) is 0. The van der Waals surface area contributed by atoms with Gasteiger partial charge in [-0.3, -0.25) is 0 Å². The number of aromatic nitrogens is 3. The summed E-state index contributed by atoms with van der Waals surface area (Å²) in [5.74, 6) is -0.372. The Labute approximate surface area is 119 Å². The number of hydrogen-bond acceptors (Lipinski definition) is 6. The smallest absolute Gasteiger partial charge is 0.335 e. The first kappa shape index (κ1) is 12.7. The number of nitrogens with zero attached hydrogens (tertiary/aromatic N) is 4. The minimum Gasteiger partial charge on any atom is -0.478 e. The van der Waals surface area contributed by atoms with Crippen LogP contribution in [0.5, 0.6) is 0 Å². The molecule has 1 aromatic carbocycles. The van der Waals surface area contributed by atoms with Crippen LogP contribution in [0.25, 0.3) is 5.82 Å². The van der Waals surface area contributed by atoms with Crippen LogP contribution < -0.4 is 11.1 Å². The fourth-order valence-electron chi connectivity index (χ4n) is 2.17. The van der Waals surface area contributed by atoms with Crippen molar-refractivity contribution < 1.29 is 9.90 Å². The Morgan fingerprint density at radius 1 is 1.43 bits per heavy atom. The Morgan fingerprint density at radius 3 is 2.76 bits per heavy atom. The van der Waals surface area contributed by atoms with Gasteiger partial charge >= 0.3 is 5.97 Å². The van der Waals surface area contributed by atoms with Gasteiger partial charge in [0.25, 0.3) is 0 Å². The summed E-state index contributed by atoms with van der Waals surface area (Å²) in [5, 5.41) is 25.2. The molecule has 0 unspecified atom stereocenters. The molecule has 2 aromatic rings. The monoisotopic (exact) mass is 282 g/mol. The van der Waals surface area contributed by atoms with Crippen LogP contribution in [0.2, 0.25) is 0 Å². The molecule has 8 nitrogen and oxygen atoms in total. The minimum atomic E-state index is -1.01. The van der Waals surface area contributed by atoms with Gasteiger partial charge in [-0.15, -0.1) is 0 Å². The molecule has 4 N–H and O–H groups in total. The second-order valence-electron chi connectivity index (χ2n) is 4.41. The van der Waals surface area contributed by atoms with Crippen molar-refractivity contribution in [3.8, 4) is 6.07 Å². The number of aromatic carboxylic acids is 1. The van der Waals surface area contributed by atoms with Gasteiger partial charge in [0.2, 0.25) is 5.95 Å². The van der Waals surface area contributed by atoms with E-state index in [1.165, 1.54) is 23.1 Å². The van der Waals surface area contributed by atoms with Gasteiger partial charge in [-0.05, 0) is 17.7 Å². The first-order valence-corrected chi connectivity index (χ1v) is 6.01. The molecule has 0 amide bonds. The summed E-state index contributed by atoms with van der Waals surface area (Å²) >= 11 is 0. The van der Waals surface area contributed by atoms with Gasteiger partial charge < -0.3 is 16.2 Å². The maximum absolute atomic E-state index is 10.9. The zero-order valence-corrected chi connectivity index (χ0v) is 10.7. The number of carboxylic acid groups (broad SMARTS) is 1. The molecule has 1 atom stereocenters. The SMILES string of the molecule is N#CC1=C(N)n2ncnc2N[C@H]1c1ccc(C(=O)O)cc1. The molecular formula is C13H10N6O2. The lowest BCUT2D eigenvalue weighted by molar-refractivity contribution is 0.0697. The average Bonchev–Trinajstić information content (AvgIpc) is 2.96. The Morgan fingerprint density at radius 2 is 2.14 bits per heavy atom. The average molecular weight is 282 g/mol. The van der Waals surface area contributed by atoms with E-state index in [0.29, 0.717) is 17.1 Å². The van der Waals surface area contributed by atoms with Crippen molar-refractivity contribution in [1.29, 1.82) is 5.26 Å². The zero-order chi connectivity index (χ0) is 15.0. The number of fused-ring (bicyclic) bond motifs is 1. The van der Waals surface area contributed by atoms with Crippen LogP contribution in [0.15, 0.2) is 36.2 Å². The molecule has 0 radical (unpaired) electrons. The largest absolute Gasteiger partial charge is 0.478 e. The van der Waals surface area contributed by atoms with Crippen molar-refractivity contribution in [2.75, 3.05) is 5.32 Å². The number of nitrogens with one attached hydrogen (secondary N) is 1. The molecule has 8 heteroatoms. The first-order valence-electron chi connectivity index (χ1n) is 6.01. The number of nitrogens with two attached hydrogens (primary N) is 1. The first-order chi connectivity index (χ1) is 10.1. The van der Waals surface area contributed by atoms with E-state index in [9.17, 15) is 10.1 Å². The maximum Gasteiger partial charge on any atom is 0.335 e. The number of hydrogen-bond donors (Lipinski definition) is 3. The standard InChI is InChI=1S/C13H10N6O2/c14-5-9-10(7-1-3-8(4-2-7)12(20)21)18-13-16-6-17-19(13)11(9)15/h1-4,6,10H,15H2,(H,20,21)(H,16,17,18)/t10-/m0/s1. The van der Waals surface area contributed by atoms with E-state index in [2.05, 4.69) is 21.5 Å². The molecule has 1 aliphatic rings. The van der Waals surface area contributed by atoms with Crippen LogP contribution >= 0.6 is 0 Å². The molecular weight excluding hydrogens is 272 g/mol. The predicted molar refractivity (Wildman–Crippen MR) is 72.8 cm³/mol. The molecule has 1 aromatic heterocycles. The summed E-state index contributed by atoms with van der Waals surface area (Å²) in [6.07, 6.45) is 1.33. The van der Waals surface area contributed by atoms with Crippen LogP contribution in [-0.2, 0) is 0 Å². The lowest BCUT2D eigenvalue weighted by atomic mass is 9.97. The highest BCUT2D eigenvalue weighted by atomic mass is 16.4. The van der Waals surface area contributed by atoms with Crippen molar-refractivity contribution in [2.45, 2.75) is 6.04 Å². The highest BCUT2D eigenvalue weighted by Gasteiger charge is 2.28. The number of nitriles is 1. The summed E-state index contributed by atoms with van der Waals surface area (Å²) < 4.78 is 1.35. The highest BCUT2D eigenvalue weighted by Crippen LogP contribution is 2.32. The highest BCUT2D eigenvalue weighted by molar-refractivity contribution is 5.87. The van der Waals surface area contributed by atoms with Crippen LogP contribution in [0.1, 0.15) is 22.0 Å². The lowest BCUT2D eigenvalue weighted by Crippen LogP contribution is -2.27. The van der Waals surface area contributed by atoms with Gasteiger partial charge in [0.05, 0.1) is 17.2 Å². The number of benzene rings is 1. The summed E-state index contributed by atoms with van der Waals surface area (Å²) in [6.45, 7) is 0. The summed E-state index contributed by atoms with van der Waals surface area (Å²) in [6, 6.07) is 7.79. The van der Waals surface area contributed by atoms with E-state index >= 15 is 0 Å². The van der Waals surface area contributed by atoms with Gasteiger partial charge in [-0.25, -0.2) is 4.79 Å². The second-order valence-corrected chi connectivity index (χ2v) is 4.41.